The zero-order valence-corrected chi connectivity index (χ0v) is 23.3. The summed E-state index contributed by atoms with van der Waals surface area (Å²) in [6.45, 7) is 0.120. The largest absolute Gasteiger partial charge is 0.469 e. The number of benzene rings is 3. The van der Waals surface area contributed by atoms with Gasteiger partial charge in [0.25, 0.3) is 0 Å². The molecule has 1 saturated heterocycles. The minimum absolute atomic E-state index is 0.0157. The number of hydrogen-bond donors (Lipinski definition) is 2. The van der Waals surface area contributed by atoms with Crippen LogP contribution in [0.1, 0.15) is 41.3 Å². The summed E-state index contributed by atoms with van der Waals surface area (Å²) in [5, 5.41) is 4.02. The molecule has 3 atom stereocenters. The first-order valence-electron chi connectivity index (χ1n) is 14.1. The lowest BCUT2D eigenvalue weighted by molar-refractivity contribution is -0.142. The maximum atomic E-state index is 14.1. The van der Waals surface area contributed by atoms with Gasteiger partial charge in [0.05, 0.1) is 32.5 Å². The summed E-state index contributed by atoms with van der Waals surface area (Å²) >= 11 is 0. The molecule has 3 aromatic carbocycles. The van der Waals surface area contributed by atoms with Crippen LogP contribution in [0.3, 0.4) is 0 Å². The van der Waals surface area contributed by atoms with Crippen molar-refractivity contribution in [2.75, 3.05) is 7.11 Å². The van der Waals surface area contributed by atoms with E-state index in [2.05, 4.69) is 10.3 Å². The summed E-state index contributed by atoms with van der Waals surface area (Å²) in [5.41, 5.74) is 4.39. The Morgan fingerprint density at radius 1 is 0.929 bits per heavy atom. The molecule has 3 heterocycles. The van der Waals surface area contributed by atoms with E-state index in [1.807, 2.05) is 84.9 Å². The number of rotatable bonds is 8. The molecule has 0 radical (unpaired) electrons. The van der Waals surface area contributed by atoms with Gasteiger partial charge < -0.3 is 19.9 Å². The Labute approximate surface area is 243 Å². The smallest absolute Gasteiger partial charge is 0.328 e. The lowest BCUT2D eigenvalue weighted by Crippen LogP contribution is -2.62. The number of imide groups is 1. The molecule has 4 amide bonds. The zero-order valence-electron chi connectivity index (χ0n) is 23.3. The Kier molecular flexibility index (Phi) is 7.48. The maximum Gasteiger partial charge on any atom is 0.328 e. The average molecular weight is 565 g/mol. The second-order valence-electron chi connectivity index (χ2n) is 10.8. The van der Waals surface area contributed by atoms with E-state index in [1.165, 1.54) is 12.0 Å². The zero-order chi connectivity index (χ0) is 29.2. The van der Waals surface area contributed by atoms with Crippen LogP contribution in [-0.2, 0) is 38.5 Å². The lowest BCUT2D eigenvalue weighted by atomic mass is 9.88. The molecular formula is C33H32N4O5. The van der Waals surface area contributed by atoms with Crippen LogP contribution < -0.4 is 5.32 Å². The first-order valence-corrected chi connectivity index (χ1v) is 14.1. The number of methoxy groups -OCH3 is 1. The number of aromatic amines is 1. The predicted octanol–water partition coefficient (Wildman–Crippen LogP) is 4.28. The second-order valence-corrected chi connectivity index (χ2v) is 10.8. The number of ether oxygens (including phenoxy) is 1. The van der Waals surface area contributed by atoms with E-state index in [0.717, 1.165) is 33.3 Å². The topological polar surface area (TPSA) is 112 Å². The van der Waals surface area contributed by atoms with Crippen molar-refractivity contribution in [2.45, 2.75) is 50.4 Å². The van der Waals surface area contributed by atoms with Crippen molar-refractivity contribution in [3.63, 3.8) is 0 Å². The summed E-state index contributed by atoms with van der Waals surface area (Å²) in [4.78, 5) is 60.1. The molecule has 1 fully saturated rings. The fraction of sp³-hybridized carbons (Fsp3) is 0.273. The predicted molar refractivity (Wildman–Crippen MR) is 156 cm³/mol. The summed E-state index contributed by atoms with van der Waals surface area (Å²) in [5.74, 6) is -1.10. The Morgan fingerprint density at radius 2 is 1.60 bits per heavy atom. The number of hydrogen-bond acceptors (Lipinski definition) is 5. The van der Waals surface area contributed by atoms with Gasteiger partial charge in [0.15, 0.2) is 0 Å². The first kappa shape index (κ1) is 27.3. The van der Waals surface area contributed by atoms with Crippen molar-refractivity contribution in [1.82, 2.24) is 20.1 Å². The number of urea groups is 1. The van der Waals surface area contributed by atoms with Crippen molar-refractivity contribution in [2.24, 2.45) is 0 Å². The van der Waals surface area contributed by atoms with Crippen LogP contribution in [-0.4, -0.2) is 57.8 Å². The third-order valence-electron chi connectivity index (χ3n) is 8.17. The number of amides is 4. The molecule has 0 aliphatic carbocycles. The molecule has 2 N–H and O–H groups in total. The molecular weight excluding hydrogens is 532 g/mol. The van der Waals surface area contributed by atoms with Gasteiger partial charge in [-0.25, -0.2) is 4.79 Å². The van der Waals surface area contributed by atoms with Crippen molar-refractivity contribution in [3.8, 4) is 0 Å². The number of esters is 1. The number of para-hydroxylation sites is 1. The van der Waals surface area contributed by atoms with E-state index in [9.17, 15) is 19.2 Å². The summed E-state index contributed by atoms with van der Waals surface area (Å²) in [7, 11) is 1.32. The first-order chi connectivity index (χ1) is 20.4. The molecule has 0 unspecified atom stereocenters. The van der Waals surface area contributed by atoms with Crippen molar-refractivity contribution in [1.29, 1.82) is 0 Å². The third-order valence-corrected chi connectivity index (χ3v) is 8.17. The highest BCUT2D eigenvalue weighted by atomic mass is 16.5. The van der Waals surface area contributed by atoms with Crippen LogP contribution in [0, 0.1) is 0 Å². The molecule has 0 spiro atoms. The Bertz CT molecular complexity index is 1630. The Balaban J connectivity index is 1.35. The van der Waals surface area contributed by atoms with E-state index in [-0.39, 0.29) is 37.6 Å². The van der Waals surface area contributed by atoms with E-state index in [4.69, 9.17) is 4.74 Å². The fourth-order valence-corrected chi connectivity index (χ4v) is 6.16. The molecule has 214 valence electrons. The molecule has 1 aromatic heterocycles. The monoisotopic (exact) mass is 564 g/mol. The molecule has 42 heavy (non-hydrogen) atoms. The van der Waals surface area contributed by atoms with Gasteiger partial charge in [-0.15, -0.1) is 0 Å². The third kappa shape index (κ3) is 5.25. The molecule has 6 rings (SSSR count). The number of carbonyl (C=O) groups excluding carboxylic acids is 4. The molecule has 2 aliphatic heterocycles. The van der Waals surface area contributed by atoms with Gasteiger partial charge in [0.2, 0.25) is 11.8 Å². The highest BCUT2D eigenvalue weighted by molar-refractivity contribution is 6.01. The number of aromatic nitrogens is 1. The Hall–Kier alpha value is -4.92. The summed E-state index contributed by atoms with van der Waals surface area (Å²) in [6.07, 6.45) is 0.732. The molecule has 2 aliphatic rings. The molecule has 0 bridgehead atoms. The van der Waals surface area contributed by atoms with Gasteiger partial charge in [0, 0.05) is 29.1 Å². The van der Waals surface area contributed by atoms with E-state index in [0.29, 0.717) is 6.42 Å². The van der Waals surface area contributed by atoms with Crippen molar-refractivity contribution >= 4 is 34.7 Å². The number of H-pyrrole nitrogens is 1. The quantitative estimate of drug-likeness (QED) is 0.311. The van der Waals surface area contributed by atoms with Crippen LogP contribution in [0.5, 0.6) is 0 Å². The van der Waals surface area contributed by atoms with Gasteiger partial charge >= 0.3 is 12.0 Å². The fourth-order valence-electron chi connectivity index (χ4n) is 6.16. The average Bonchev–Trinajstić information content (AvgIpc) is 3.38. The highest BCUT2D eigenvalue weighted by Gasteiger charge is 2.49. The minimum atomic E-state index is -0.878. The number of nitrogens with zero attached hydrogens (tertiary/aromatic N) is 2. The van der Waals surface area contributed by atoms with Crippen molar-refractivity contribution in [3.05, 3.63) is 107 Å². The van der Waals surface area contributed by atoms with Crippen LogP contribution in [0.15, 0.2) is 84.9 Å². The van der Waals surface area contributed by atoms with Gasteiger partial charge in [-0.3, -0.25) is 19.3 Å². The van der Waals surface area contributed by atoms with Crippen LogP contribution in [0.4, 0.5) is 4.79 Å². The van der Waals surface area contributed by atoms with Gasteiger partial charge in [0.1, 0.15) is 6.04 Å². The number of carbonyl (C=O) groups is 4. The summed E-state index contributed by atoms with van der Waals surface area (Å²) < 4.78 is 4.91. The van der Waals surface area contributed by atoms with E-state index < -0.39 is 30.1 Å². The van der Waals surface area contributed by atoms with Gasteiger partial charge in [-0.2, -0.15) is 0 Å². The van der Waals surface area contributed by atoms with Gasteiger partial charge in [-0.05, 0) is 29.2 Å². The van der Waals surface area contributed by atoms with Crippen LogP contribution in [0.2, 0.25) is 0 Å². The van der Waals surface area contributed by atoms with E-state index in [1.54, 1.807) is 4.90 Å². The molecule has 9 nitrogen and oxygen atoms in total. The van der Waals surface area contributed by atoms with Crippen LogP contribution in [0.25, 0.3) is 10.9 Å². The Morgan fingerprint density at radius 3 is 2.31 bits per heavy atom. The SMILES string of the molecule is COC(=O)C[C@@H](Cc1ccccc1)NC(=O)[C@@H]1Cc2c([nH]c3ccccc23)[C@@H]2CC(=O)N(Cc3ccccc3)C(=O)N12. The van der Waals surface area contributed by atoms with Crippen LogP contribution >= 0.6 is 0 Å². The lowest BCUT2D eigenvalue weighted by Gasteiger charge is -2.46. The highest BCUT2D eigenvalue weighted by Crippen LogP contribution is 2.42. The molecule has 9 heteroatoms. The molecule has 0 saturated carbocycles. The minimum Gasteiger partial charge on any atom is -0.469 e. The normalized spacial score (nSPS) is 18.8. The molecule has 4 aromatic rings. The van der Waals surface area contributed by atoms with Gasteiger partial charge in [-0.1, -0.05) is 78.9 Å². The maximum absolute atomic E-state index is 14.1. The van der Waals surface area contributed by atoms with Crippen molar-refractivity contribution < 1.29 is 23.9 Å². The van der Waals surface area contributed by atoms with E-state index >= 15 is 0 Å². The number of fused-ring (bicyclic) bond motifs is 5. The summed E-state index contributed by atoms with van der Waals surface area (Å²) in [6, 6.07) is 24.2. The standard InChI is InChI=1S/C33H32N4O5/c1-42-30(39)17-23(16-21-10-4-2-5-11-21)34-32(40)28-18-25-24-14-8-9-15-26(24)35-31(25)27-19-29(38)36(33(41)37(27)28)20-22-12-6-3-7-13-22/h2-15,23,27-28,35H,16-20H2,1H3,(H,34,40)/t23-,27+,28+/m1/s1. The second kappa shape index (κ2) is 11.5. The number of nitrogens with one attached hydrogen (secondary N) is 2.